The summed E-state index contributed by atoms with van der Waals surface area (Å²) in [4.78, 5) is 10.0. The second-order valence-corrected chi connectivity index (χ2v) is 4.50. The number of non-ortho nitro benzene ring substituents is 1. The predicted octanol–water partition coefficient (Wildman–Crippen LogP) is 1.58. The number of rotatable bonds is 8. The van der Waals surface area contributed by atoms with Crippen LogP contribution in [0.2, 0.25) is 0 Å². The zero-order chi connectivity index (χ0) is 14.3. The molecule has 0 aromatic heterocycles. The van der Waals surface area contributed by atoms with Crippen LogP contribution in [0.15, 0.2) is 24.3 Å². The van der Waals surface area contributed by atoms with Crippen LogP contribution in [-0.4, -0.2) is 35.8 Å². The van der Waals surface area contributed by atoms with Crippen LogP contribution in [0.1, 0.15) is 13.8 Å². The molecular formula is C13H20N2O4. The molecule has 1 aromatic rings. The standard InChI is InChI=1S/C13H20N2O4/c1-10(9-16)11(2)14-7-8-19-13-5-3-12(4-6-13)15(17)18/h3-6,10-11,14,16H,7-9H2,1-2H3. The van der Waals surface area contributed by atoms with Crippen molar-refractivity contribution in [1.82, 2.24) is 5.32 Å². The zero-order valence-electron chi connectivity index (χ0n) is 11.2. The molecule has 2 N–H and O–H groups in total. The van der Waals surface area contributed by atoms with Crippen LogP contribution in [0.4, 0.5) is 5.69 Å². The molecule has 0 saturated carbocycles. The van der Waals surface area contributed by atoms with Gasteiger partial charge >= 0.3 is 0 Å². The number of benzene rings is 1. The summed E-state index contributed by atoms with van der Waals surface area (Å²) >= 11 is 0. The summed E-state index contributed by atoms with van der Waals surface area (Å²) in [6, 6.07) is 6.21. The average Bonchev–Trinajstić information content (AvgIpc) is 2.42. The first-order chi connectivity index (χ1) is 9.04. The summed E-state index contributed by atoms with van der Waals surface area (Å²) in [6.45, 7) is 5.25. The van der Waals surface area contributed by atoms with Crippen molar-refractivity contribution in [2.45, 2.75) is 19.9 Å². The van der Waals surface area contributed by atoms with E-state index in [1.54, 1.807) is 12.1 Å². The van der Waals surface area contributed by atoms with Crippen LogP contribution in [0.5, 0.6) is 5.75 Å². The summed E-state index contributed by atoms with van der Waals surface area (Å²) < 4.78 is 5.46. The normalized spacial score (nSPS) is 13.8. The van der Waals surface area contributed by atoms with Gasteiger partial charge in [-0.25, -0.2) is 0 Å². The van der Waals surface area contributed by atoms with E-state index >= 15 is 0 Å². The van der Waals surface area contributed by atoms with Gasteiger partial charge < -0.3 is 15.2 Å². The SMILES string of the molecule is CC(CO)C(C)NCCOc1ccc([N+](=O)[O-])cc1. The third-order valence-electron chi connectivity index (χ3n) is 3.03. The fourth-order valence-electron chi connectivity index (χ4n) is 1.48. The van der Waals surface area contributed by atoms with Gasteiger partial charge in [0.05, 0.1) is 4.92 Å². The Kier molecular flexibility index (Phi) is 6.24. The Balaban J connectivity index is 2.28. The van der Waals surface area contributed by atoms with Crippen LogP contribution in [-0.2, 0) is 0 Å². The summed E-state index contributed by atoms with van der Waals surface area (Å²) in [5.41, 5.74) is 0.0517. The van der Waals surface area contributed by atoms with E-state index < -0.39 is 4.92 Å². The fourth-order valence-corrected chi connectivity index (χ4v) is 1.48. The quantitative estimate of drug-likeness (QED) is 0.425. The van der Waals surface area contributed by atoms with Crippen LogP contribution < -0.4 is 10.1 Å². The first kappa shape index (κ1) is 15.4. The maximum atomic E-state index is 10.5. The second kappa shape index (κ2) is 7.70. The molecule has 6 nitrogen and oxygen atoms in total. The molecule has 2 atom stereocenters. The summed E-state index contributed by atoms with van der Waals surface area (Å²) in [5.74, 6) is 0.801. The molecule has 0 radical (unpaired) electrons. The van der Waals surface area contributed by atoms with Crippen molar-refractivity contribution >= 4 is 5.69 Å². The minimum Gasteiger partial charge on any atom is -0.492 e. The van der Waals surface area contributed by atoms with Crippen molar-refractivity contribution in [1.29, 1.82) is 0 Å². The Morgan fingerprint density at radius 1 is 1.37 bits per heavy atom. The van der Waals surface area contributed by atoms with Gasteiger partial charge in [0.1, 0.15) is 12.4 Å². The molecule has 106 valence electrons. The number of ether oxygens (including phenoxy) is 1. The van der Waals surface area contributed by atoms with Crippen molar-refractivity contribution in [2.24, 2.45) is 5.92 Å². The second-order valence-electron chi connectivity index (χ2n) is 4.50. The third-order valence-corrected chi connectivity index (χ3v) is 3.03. The molecule has 1 rings (SSSR count). The Hall–Kier alpha value is -1.66. The van der Waals surface area contributed by atoms with Crippen LogP contribution in [0.25, 0.3) is 0 Å². The monoisotopic (exact) mass is 268 g/mol. The summed E-state index contributed by atoms with van der Waals surface area (Å²) in [5, 5.41) is 22.7. The van der Waals surface area contributed by atoms with Crippen molar-refractivity contribution in [2.75, 3.05) is 19.8 Å². The van der Waals surface area contributed by atoms with Gasteiger partial charge in [0.2, 0.25) is 0 Å². The van der Waals surface area contributed by atoms with Gasteiger partial charge in [-0.05, 0) is 25.0 Å². The number of hydrogen-bond donors (Lipinski definition) is 2. The van der Waals surface area contributed by atoms with Crippen molar-refractivity contribution in [3.63, 3.8) is 0 Å². The predicted molar refractivity (Wildman–Crippen MR) is 72.3 cm³/mol. The maximum absolute atomic E-state index is 10.5. The molecule has 0 spiro atoms. The third kappa shape index (κ3) is 5.23. The highest BCUT2D eigenvalue weighted by Crippen LogP contribution is 2.16. The molecule has 0 fully saturated rings. The molecular weight excluding hydrogens is 248 g/mol. The minimum absolute atomic E-state index is 0.0517. The van der Waals surface area contributed by atoms with Crippen molar-refractivity contribution in [3.8, 4) is 5.75 Å². The highest BCUT2D eigenvalue weighted by Gasteiger charge is 2.09. The van der Waals surface area contributed by atoms with E-state index in [1.165, 1.54) is 12.1 Å². The van der Waals surface area contributed by atoms with Gasteiger partial charge in [0, 0.05) is 31.3 Å². The van der Waals surface area contributed by atoms with Crippen LogP contribution >= 0.6 is 0 Å². The summed E-state index contributed by atoms with van der Waals surface area (Å²) in [7, 11) is 0. The molecule has 19 heavy (non-hydrogen) atoms. The van der Waals surface area contributed by atoms with E-state index in [9.17, 15) is 10.1 Å². The average molecular weight is 268 g/mol. The number of nitrogens with zero attached hydrogens (tertiary/aromatic N) is 1. The van der Waals surface area contributed by atoms with E-state index in [1.807, 2.05) is 13.8 Å². The van der Waals surface area contributed by atoms with Crippen LogP contribution in [0.3, 0.4) is 0 Å². The number of nitrogens with one attached hydrogen (secondary N) is 1. The molecule has 0 aliphatic heterocycles. The van der Waals surface area contributed by atoms with Gasteiger partial charge in [-0.1, -0.05) is 6.92 Å². The number of nitro benzene ring substituents is 1. The lowest BCUT2D eigenvalue weighted by molar-refractivity contribution is -0.384. The van der Waals surface area contributed by atoms with Gasteiger partial charge in [0.15, 0.2) is 0 Å². The van der Waals surface area contributed by atoms with Gasteiger partial charge in [-0.2, -0.15) is 0 Å². The Labute approximate surface area is 112 Å². The van der Waals surface area contributed by atoms with Crippen LogP contribution in [0, 0.1) is 16.0 Å². The van der Waals surface area contributed by atoms with E-state index in [0.717, 1.165) is 0 Å². The number of aliphatic hydroxyl groups excluding tert-OH is 1. The highest BCUT2D eigenvalue weighted by molar-refractivity contribution is 5.35. The smallest absolute Gasteiger partial charge is 0.269 e. The molecule has 0 aliphatic rings. The number of hydrogen-bond acceptors (Lipinski definition) is 5. The topological polar surface area (TPSA) is 84.6 Å². The Bertz CT molecular complexity index is 394. The lowest BCUT2D eigenvalue weighted by atomic mass is 10.1. The van der Waals surface area contributed by atoms with E-state index in [4.69, 9.17) is 9.84 Å². The number of aliphatic hydroxyl groups is 1. The van der Waals surface area contributed by atoms with E-state index in [-0.39, 0.29) is 24.3 Å². The molecule has 0 bridgehead atoms. The van der Waals surface area contributed by atoms with Crippen molar-refractivity contribution in [3.05, 3.63) is 34.4 Å². The molecule has 0 heterocycles. The Morgan fingerprint density at radius 3 is 2.53 bits per heavy atom. The minimum atomic E-state index is -0.441. The number of nitro groups is 1. The fraction of sp³-hybridized carbons (Fsp3) is 0.538. The van der Waals surface area contributed by atoms with Gasteiger partial charge in [-0.3, -0.25) is 10.1 Å². The van der Waals surface area contributed by atoms with Gasteiger partial charge in [0.25, 0.3) is 5.69 Å². The first-order valence-electron chi connectivity index (χ1n) is 6.26. The maximum Gasteiger partial charge on any atom is 0.269 e. The molecule has 1 aromatic carbocycles. The largest absolute Gasteiger partial charge is 0.492 e. The molecule has 0 aliphatic carbocycles. The molecule has 6 heteroatoms. The Morgan fingerprint density at radius 2 is 2.00 bits per heavy atom. The van der Waals surface area contributed by atoms with E-state index in [2.05, 4.69) is 5.32 Å². The molecule has 0 saturated heterocycles. The van der Waals surface area contributed by atoms with E-state index in [0.29, 0.717) is 18.9 Å². The highest BCUT2D eigenvalue weighted by atomic mass is 16.6. The first-order valence-corrected chi connectivity index (χ1v) is 6.26. The molecule has 0 amide bonds. The van der Waals surface area contributed by atoms with Crippen molar-refractivity contribution < 1.29 is 14.8 Å². The zero-order valence-corrected chi connectivity index (χ0v) is 11.2. The lowest BCUT2D eigenvalue weighted by Crippen LogP contribution is -2.36. The molecule has 2 unspecified atom stereocenters. The summed E-state index contributed by atoms with van der Waals surface area (Å²) in [6.07, 6.45) is 0. The lowest BCUT2D eigenvalue weighted by Gasteiger charge is -2.19. The van der Waals surface area contributed by atoms with Gasteiger partial charge in [-0.15, -0.1) is 0 Å².